The molecule has 2 heterocycles. The summed E-state index contributed by atoms with van der Waals surface area (Å²) < 4.78 is 4.84. The zero-order valence-corrected chi connectivity index (χ0v) is 22.9. The van der Waals surface area contributed by atoms with Crippen molar-refractivity contribution in [3.8, 4) is 0 Å². The number of aromatic nitrogens is 1. The lowest BCUT2D eigenvalue weighted by molar-refractivity contribution is -0.115. The number of nitrogens with one attached hydrogen (secondary N) is 2. The molecule has 3 aromatic carbocycles. The van der Waals surface area contributed by atoms with Gasteiger partial charge in [0.05, 0.1) is 24.1 Å². The Morgan fingerprint density at radius 1 is 0.900 bits per heavy atom. The Kier molecular flexibility index (Phi) is 7.48. The normalized spacial score (nSPS) is 14.8. The number of H-pyrrole nitrogens is 1. The van der Waals surface area contributed by atoms with Crippen molar-refractivity contribution in [1.29, 1.82) is 0 Å². The van der Waals surface area contributed by atoms with Crippen molar-refractivity contribution in [2.45, 2.75) is 5.92 Å². The van der Waals surface area contributed by atoms with Crippen LogP contribution in [0.4, 0.5) is 11.4 Å². The van der Waals surface area contributed by atoms with E-state index in [9.17, 15) is 14.4 Å². The first-order chi connectivity index (χ1) is 19.2. The van der Waals surface area contributed by atoms with Gasteiger partial charge in [0.2, 0.25) is 5.91 Å². The lowest BCUT2D eigenvalue weighted by Gasteiger charge is -2.19. The summed E-state index contributed by atoms with van der Waals surface area (Å²) >= 11 is 0. The first-order valence-corrected chi connectivity index (χ1v) is 12.9. The van der Waals surface area contributed by atoms with Crippen LogP contribution in [0.15, 0.2) is 77.9 Å². The minimum atomic E-state index is -0.698. The Morgan fingerprint density at radius 3 is 2.35 bits per heavy atom. The average molecular weight is 538 g/mol. The van der Waals surface area contributed by atoms with E-state index >= 15 is 0 Å². The van der Waals surface area contributed by atoms with Crippen molar-refractivity contribution in [1.82, 2.24) is 14.8 Å². The maximum atomic E-state index is 13.4. The number of benzene rings is 3. The number of aliphatic imine (C=N–C) groups is 1. The summed E-state index contributed by atoms with van der Waals surface area (Å²) in [6.45, 7) is 1.39. The van der Waals surface area contributed by atoms with Gasteiger partial charge in [0.25, 0.3) is 5.91 Å². The number of amides is 2. The first-order valence-electron chi connectivity index (χ1n) is 12.9. The largest absolute Gasteiger partial charge is 0.465 e. The van der Waals surface area contributed by atoms with Crippen molar-refractivity contribution < 1.29 is 19.1 Å². The van der Waals surface area contributed by atoms with E-state index in [1.165, 1.54) is 7.11 Å². The van der Waals surface area contributed by atoms with Gasteiger partial charge in [-0.05, 0) is 79.8 Å². The quantitative estimate of drug-likeness (QED) is 0.255. The van der Waals surface area contributed by atoms with Crippen molar-refractivity contribution in [2.75, 3.05) is 46.7 Å². The molecule has 9 heteroatoms. The highest BCUT2D eigenvalue weighted by molar-refractivity contribution is 6.24. The number of esters is 1. The molecule has 0 aliphatic carbocycles. The monoisotopic (exact) mass is 537 g/mol. The van der Waals surface area contributed by atoms with Gasteiger partial charge < -0.3 is 24.8 Å². The third-order valence-electron chi connectivity index (χ3n) is 7.02. The van der Waals surface area contributed by atoms with Gasteiger partial charge in [-0.2, -0.15) is 0 Å². The number of nitrogens with zero attached hydrogens (tertiary/aromatic N) is 3. The van der Waals surface area contributed by atoms with E-state index in [0.717, 1.165) is 28.6 Å². The third-order valence-corrected chi connectivity index (χ3v) is 7.02. The second kappa shape index (κ2) is 11.2. The van der Waals surface area contributed by atoms with E-state index in [0.29, 0.717) is 34.8 Å². The maximum Gasteiger partial charge on any atom is 0.337 e. The number of carbonyl (C=O) groups is 3. The minimum absolute atomic E-state index is 0.0685. The second-order valence-corrected chi connectivity index (χ2v) is 10.1. The number of fused-ring (bicyclic) bond motifs is 2. The molecule has 5 rings (SSSR count). The summed E-state index contributed by atoms with van der Waals surface area (Å²) in [4.78, 5) is 50.2. The summed E-state index contributed by atoms with van der Waals surface area (Å²) in [6, 6.07) is 20.0. The predicted molar refractivity (Wildman–Crippen MR) is 156 cm³/mol. The number of hydrogen-bond acceptors (Lipinski definition) is 6. The Labute approximate surface area is 232 Å². The molecule has 2 N–H and O–H groups in total. The van der Waals surface area contributed by atoms with Gasteiger partial charge in [-0.3, -0.25) is 14.6 Å². The molecule has 204 valence electrons. The number of aromatic amines is 1. The van der Waals surface area contributed by atoms with E-state index < -0.39 is 11.9 Å². The van der Waals surface area contributed by atoms with Crippen LogP contribution in [-0.2, 0) is 9.53 Å². The van der Waals surface area contributed by atoms with Gasteiger partial charge in [0, 0.05) is 48.5 Å². The number of likely N-dealkylation sites (N-methyl/N-ethyl adjacent to an activating group) is 2. The second-order valence-electron chi connectivity index (χ2n) is 10.1. The highest BCUT2D eigenvalue weighted by atomic mass is 16.5. The molecule has 0 radical (unpaired) electrons. The number of ether oxygens (including phenoxy) is 1. The minimum Gasteiger partial charge on any atom is -0.465 e. The highest BCUT2D eigenvalue weighted by Crippen LogP contribution is 2.37. The average Bonchev–Trinajstić information content (AvgIpc) is 3.56. The Hall–Kier alpha value is -4.76. The van der Waals surface area contributed by atoms with Gasteiger partial charge in [0.15, 0.2) is 0 Å². The van der Waals surface area contributed by atoms with Crippen LogP contribution >= 0.6 is 0 Å². The summed E-state index contributed by atoms with van der Waals surface area (Å²) in [5, 5.41) is 3.90. The van der Waals surface area contributed by atoms with Crippen LogP contribution in [0.3, 0.4) is 0 Å². The van der Waals surface area contributed by atoms with Gasteiger partial charge in [0.1, 0.15) is 5.92 Å². The molecule has 1 unspecified atom stereocenters. The van der Waals surface area contributed by atoms with Gasteiger partial charge in [-0.25, -0.2) is 4.79 Å². The van der Waals surface area contributed by atoms with Crippen LogP contribution in [-0.4, -0.2) is 79.6 Å². The van der Waals surface area contributed by atoms with Crippen LogP contribution in [0.5, 0.6) is 0 Å². The van der Waals surface area contributed by atoms with Crippen molar-refractivity contribution >= 4 is 45.8 Å². The summed E-state index contributed by atoms with van der Waals surface area (Å²) in [5.74, 6) is -1.48. The van der Waals surface area contributed by atoms with Crippen molar-refractivity contribution in [2.24, 2.45) is 4.99 Å². The molecular formula is C31H31N5O4. The number of carbonyl (C=O) groups excluding carboxylic acids is 3. The molecule has 1 aromatic heterocycles. The molecule has 1 atom stereocenters. The Balaban J connectivity index is 1.53. The first kappa shape index (κ1) is 26.8. The fourth-order valence-electron chi connectivity index (χ4n) is 4.78. The SMILES string of the molecule is COC(=O)c1ccc2c(c1)NC(=O)C2C(=Nc1ccc(C(=O)N(C)CCN(C)C)cc1)c1ccc2[nH]ccc2c1. The predicted octanol–water partition coefficient (Wildman–Crippen LogP) is 4.44. The summed E-state index contributed by atoms with van der Waals surface area (Å²) in [7, 11) is 7.05. The van der Waals surface area contributed by atoms with E-state index in [1.807, 2.05) is 49.5 Å². The topological polar surface area (TPSA) is 107 Å². The fourth-order valence-corrected chi connectivity index (χ4v) is 4.78. The van der Waals surface area contributed by atoms with E-state index in [2.05, 4.69) is 10.3 Å². The zero-order chi connectivity index (χ0) is 28.4. The third kappa shape index (κ3) is 5.37. The smallest absolute Gasteiger partial charge is 0.337 e. The van der Waals surface area contributed by atoms with Crippen LogP contribution in [0.1, 0.15) is 37.8 Å². The molecule has 9 nitrogen and oxygen atoms in total. The lowest BCUT2D eigenvalue weighted by Crippen LogP contribution is -2.33. The lowest BCUT2D eigenvalue weighted by atomic mass is 9.89. The Morgan fingerprint density at radius 2 is 1.62 bits per heavy atom. The van der Waals surface area contributed by atoms with Crippen molar-refractivity contribution in [3.05, 3.63) is 95.2 Å². The van der Waals surface area contributed by atoms with E-state index in [1.54, 1.807) is 54.4 Å². The van der Waals surface area contributed by atoms with E-state index in [4.69, 9.17) is 9.73 Å². The van der Waals surface area contributed by atoms with Crippen molar-refractivity contribution in [3.63, 3.8) is 0 Å². The molecule has 0 bridgehead atoms. The standard InChI is InChI=1S/C31H31N5O4/c1-35(2)15-16-36(3)30(38)19-5-9-23(10-6-19)33-28(21-8-12-25-20(17-21)13-14-32-25)27-24-11-7-22(31(39)40-4)18-26(24)34-29(27)37/h5-14,17-18,27,32H,15-16H2,1-4H3,(H,34,37). The molecule has 0 spiro atoms. The Bertz CT molecular complexity index is 1620. The summed E-state index contributed by atoms with van der Waals surface area (Å²) in [5.41, 5.74) is 5.13. The zero-order valence-electron chi connectivity index (χ0n) is 22.9. The number of anilines is 1. The number of methoxy groups -OCH3 is 1. The van der Waals surface area contributed by atoms with Crippen LogP contribution in [0, 0.1) is 0 Å². The molecular weight excluding hydrogens is 506 g/mol. The molecule has 1 aliphatic rings. The van der Waals surface area contributed by atoms with E-state index in [-0.39, 0.29) is 11.8 Å². The maximum absolute atomic E-state index is 13.4. The highest BCUT2D eigenvalue weighted by Gasteiger charge is 2.36. The number of hydrogen-bond donors (Lipinski definition) is 2. The van der Waals surface area contributed by atoms with Gasteiger partial charge >= 0.3 is 5.97 Å². The molecule has 4 aromatic rings. The molecule has 0 saturated heterocycles. The number of rotatable bonds is 8. The van der Waals surface area contributed by atoms with Gasteiger partial charge in [-0.15, -0.1) is 0 Å². The summed E-state index contributed by atoms with van der Waals surface area (Å²) in [6.07, 6.45) is 1.86. The molecule has 2 amide bonds. The van der Waals surface area contributed by atoms with Crippen LogP contribution in [0.25, 0.3) is 10.9 Å². The molecule has 0 fully saturated rings. The van der Waals surface area contributed by atoms with Gasteiger partial charge in [-0.1, -0.05) is 12.1 Å². The fraction of sp³-hybridized carbons (Fsp3) is 0.226. The molecule has 40 heavy (non-hydrogen) atoms. The molecule has 1 aliphatic heterocycles. The van der Waals surface area contributed by atoms with Crippen LogP contribution < -0.4 is 5.32 Å². The van der Waals surface area contributed by atoms with Crippen LogP contribution in [0.2, 0.25) is 0 Å². The molecule has 0 saturated carbocycles.